The highest BCUT2D eigenvalue weighted by atomic mass is 35.5. The van der Waals surface area contributed by atoms with Gasteiger partial charge < -0.3 is 9.88 Å². The predicted molar refractivity (Wildman–Crippen MR) is 116 cm³/mol. The van der Waals surface area contributed by atoms with Gasteiger partial charge in [0.15, 0.2) is 0 Å². The molecule has 1 saturated heterocycles. The summed E-state index contributed by atoms with van der Waals surface area (Å²) in [5, 5.41) is 0.704. The van der Waals surface area contributed by atoms with Crippen LogP contribution in [0.3, 0.4) is 0 Å². The Kier molecular flexibility index (Phi) is 4.82. The van der Waals surface area contributed by atoms with Crippen LogP contribution in [-0.4, -0.2) is 31.4 Å². The van der Waals surface area contributed by atoms with Gasteiger partial charge in [0.2, 0.25) is 0 Å². The van der Waals surface area contributed by atoms with E-state index in [4.69, 9.17) is 16.6 Å². The van der Waals surface area contributed by atoms with E-state index in [-0.39, 0.29) is 24.2 Å². The summed E-state index contributed by atoms with van der Waals surface area (Å²) in [5.41, 5.74) is 3.45. The molecule has 154 valence electrons. The van der Waals surface area contributed by atoms with Crippen LogP contribution in [0.4, 0.5) is 4.39 Å². The molecule has 2 aromatic heterocycles. The van der Waals surface area contributed by atoms with Crippen molar-refractivity contribution in [1.82, 2.24) is 24.8 Å². The second kappa shape index (κ2) is 7.51. The summed E-state index contributed by atoms with van der Waals surface area (Å²) in [4.78, 5) is 19.0. The summed E-state index contributed by atoms with van der Waals surface area (Å²) < 4.78 is 15.2. The molecule has 0 spiro atoms. The van der Waals surface area contributed by atoms with Crippen molar-refractivity contribution < 1.29 is 4.39 Å². The third-order valence-electron chi connectivity index (χ3n) is 6.15. The Morgan fingerprint density at radius 2 is 2.03 bits per heavy atom. The van der Waals surface area contributed by atoms with E-state index in [2.05, 4.69) is 26.8 Å². The number of aromatic nitrogens is 4. The number of allylic oxidation sites excluding steroid dienone is 3. The van der Waals surface area contributed by atoms with Crippen LogP contribution in [0.1, 0.15) is 48.9 Å². The van der Waals surface area contributed by atoms with Crippen LogP contribution in [0, 0.1) is 12.8 Å². The molecule has 1 aromatic carbocycles. The Bertz CT molecular complexity index is 1110. The Morgan fingerprint density at radius 1 is 1.23 bits per heavy atom. The molecule has 3 aromatic rings. The van der Waals surface area contributed by atoms with Crippen molar-refractivity contribution in [2.45, 2.75) is 38.6 Å². The minimum Gasteiger partial charge on any atom is -0.359 e. The molecule has 7 heteroatoms. The molecule has 3 atom stereocenters. The van der Waals surface area contributed by atoms with Gasteiger partial charge in [0, 0.05) is 36.3 Å². The molecular formula is C23H23ClFN5. The molecule has 0 bridgehead atoms. The van der Waals surface area contributed by atoms with E-state index >= 15 is 4.39 Å². The molecule has 5 nitrogen and oxygen atoms in total. The van der Waals surface area contributed by atoms with Crippen LogP contribution in [0.2, 0.25) is 5.02 Å². The van der Waals surface area contributed by atoms with Gasteiger partial charge in [-0.25, -0.2) is 19.3 Å². The van der Waals surface area contributed by atoms with Gasteiger partial charge in [0.25, 0.3) is 0 Å². The smallest absolute Gasteiger partial charge is 0.135 e. The Balaban J connectivity index is 1.46. The number of nitrogens with one attached hydrogen (secondary N) is 1. The van der Waals surface area contributed by atoms with Crippen LogP contribution in [-0.2, 0) is 0 Å². The lowest BCUT2D eigenvalue weighted by atomic mass is 9.96. The summed E-state index contributed by atoms with van der Waals surface area (Å²) in [6, 6.07) is 5.67. The largest absolute Gasteiger partial charge is 0.359 e. The third kappa shape index (κ3) is 3.29. The highest BCUT2D eigenvalue weighted by molar-refractivity contribution is 6.32. The standard InChI is InChI=1S/C23H23ClFN5/c1-13-6-9-30(20-5-4-15(11-17(20)25)22-26-7-3-8-27-22)21(13)23-28-18-10-14(2)16(24)12-19(18)29-23/h3-5,7-8,10,12-13,15,21H,6,9,11H2,1-2H3,(H,28,29)/t13-,15?,21-/m0/s1. The third-order valence-corrected chi connectivity index (χ3v) is 6.56. The van der Waals surface area contributed by atoms with Crippen LogP contribution in [0.25, 0.3) is 11.0 Å². The van der Waals surface area contributed by atoms with Crippen LogP contribution in [0.5, 0.6) is 0 Å². The highest BCUT2D eigenvalue weighted by Crippen LogP contribution is 2.42. The summed E-state index contributed by atoms with van der Waals surface area (Å²) in [7, 11) is 0. The quantitative estimate of drug-likeness (QED) is 0.593. The van der Waals surface area contributed by atoms with Crippen molar-refractivity contribution in [2.24, 2.45) is 5.92 Å². The molecule has 1 aliphatic heterocycles. The molecule has 1 unspecified atom stereocenters. The van der Waals surface area contributed by atoms with Gasteiger partial charge >= 0.3 is 0 Å². The normalized spacial score (nSPS) is 24.3. The lowest BCUT2D eigenvalue weighted by Crippen LogP contribution is -2.27. The van der Waals surface area contributed by atoms with Crippen molar-refractivity contribution >= 4 is 22.6 Å². The van der Waals surface area contributed by atoms with Gasteiger partial charge in [-0.05, 0) is 49.1 Å². The van der Waals surface area contributed by atoms with Gasteiger partial charge in [0.05, 0.1) is 22.8 Å². The molecular weight excluding hydrogens is 401 g/mol. The van der Waals surface area contributed by atoms with Crippen LogP contribution in [0.15, 0.2) is 54.3 Å². The summed E-state index contributed by atoms with van der Waals surface area (Å²) in [6.45, 7) is 4.97. The molecule has 1 aliphatic carbocycles. The van der Waals surface area contributed by atoms with E-state index in [1.807, 2.05) is 31.2 Å². The molecule has 0 saturated carbocycles. The van der Waals surface area contributed by atoms with Crippen molar-refractivity contribution in [3.05, 3.63) is 76.5 Å². The number of benzene rings is 1. The zero-order valence-corrected chi connectivity index (χ0v) is 17.7. The summed E-state index contributed by atoms with van der Waals surface area (Å²) in [6.07, 6.45) is 8.55. The Labute approximate surface area is 179 Å². The number of aryl methyl sites for hydroxylation is 1. The monoisotopic (exact) mass is 423 g/mol. The number of imidazole rings is 1. The second-order valence-corrected chi connectivity index (χ2v) is 8.62. The molecule has 1 fully saturated rings. The first-order chi connectivity index (χ1) is 14.5. The molecule has 5 rings (SSSR count). The van der Waals surface area contributed by atoms with Crippen molar-refractivity contribution in [3.63, 3.8) is 0 Å². The van der Waals surface area contributed by atoms with Crippen molar-refractivity contribution in [3.8, 4) is 0 Å². The SMILES string of the molecule is Cc1cc2[nH]c([C@@H]3[C@@H](C)CCN3C3=C(F)CC(c4ncccn4)C=C3)nc2cc1Cl. The second-order valence-electron chi connectivity index (χ2n) is 8.21. The van der Waals surface area contributed by atoms with E-state index in [1.54, 1.807) is 18.5 Å². The van der Waals surface area contributed by atoms with Gasteiger partial charge in [-0.1, -0.05) is 24.6 Å². The molecule has 0 radical (unpaired) electrons. The topological polar surface area (TPSA) is 57.7 Å². The van der Waals surface area contributed by atoms with E-state index in [0.717, 1.165) is 35.4 Å². The fourth-order valence-electron chi connectivity index (χ4n) is 4.53. The van der Waals surface area contributed by atoms with Crippen molar-refractivity contribution in [1.29, 1.82) is 0 Å². The zero-order chi connectivity index (χ0) is 20.8. The van der Waals surface area contributed by atoms with E-state index < -0.39 is 0 Å². The molecule has 0 amide bonds. The number of hydrogen-bond donors (Lipinski definition) is 1. The van der Waals surface area contributed by atoms with E-state index in [0.29, 0.717) is 22.5 Å². The first-order valence-corrected chi connectivity index (χ1v) is 10.6. The van der Waals surface area contributed by atoms with E-state index in [9.17, 15) is 0 Å². The average Bonchev–Trinajstić information content (AvgIpc) is 3.31. The predicted octanol–water partition coefficient (Wildman–Crippen LogP) is 5.62. The van der Waals surface area contributed by atoms with Crippen LogP contribution < -0.4 is 0 Å². The van der Waals surface area contributed by atoms with Crippen LogP contribution >= 0.6 is 11.6 Å². The van der Waals surface area contributed by atoms with Gasteiger partial charge in [-0.3, -0.25) is 0 Å². The number of rotatable bonds is 3. The Morgan fingerprint density at radius 3 is 2.80 bits per heavy atom. The number of hydrogen-bond acceptors (Lipinski definition) is 4. The maximum atomic E-state index is 15.2. The summed E-state index contributed by atoms with van der Waals surface area (Å²) in [5.74, 6) is 1.61. The molecule has 3 heterocycles. The fourth-order valence-corrected chi connectivity index (χ4v) is 4.69. The number of likely N-dealkylation sites (tertiary alicyclic amines) is 1. The first kappa shape index (κ1) is 19.2. The van der Waals surface area contributed by atoms with Gasteiger partial charge in [-0.2, -0.15) is 0 Å². The Hall–Kier alpha value is -2.73. The van der Waals surface area contributed by atoms with Crippen molar-refractivity contribution in [2.75, 3.05) is 6.54 Å². The van der Waals surface area contributed by atoms with Gasteiger partial charge in [0.1, 0.15) is 17.5 Å². The summed E-state index contributed by atoms with van der Waals surface area (Å²) >= 11 is 6.28. The number of aromatic amines is 1. The van der Waals surface area contributed by atoms with E-state index in [1.165, 1.54) is 0 Å². The molecule has 1 N–H and O–H groups in total. The minimum atomic E-state index is -0.134. The highest BCUT2D eigenvalue weighted by Gasteiger charge is 2.37. The number of nitrogens with zero attached hydrogens (tertiary/aromatic N) is 4. The number of fused-ring (bicyclic) bond motifs is 1. The number of H-pyrrole nitrogens is 1. The fraction of sp³-hybridized carbons (Fsp3) is 0.348. The lowest BCUT2D eigenvalue weighted by molar-refractivity contribution is 0.278. The first-order valence-electron chi connectivity index (χ1n) is 10.3. The molecule has 2 aliphatic rings. The minimum absolute atomic E-state index is 0.00796. The van der Waals surface area contributed by atoms with Gasteiger partial charge in [-0.15, -0.1) is 0 Å². The lowest BCUT2D eigenvalue weighted by Gasteiger charge is -2.31. The maximum Gasteiger partial charge on any atom is 0.135 e. The molecule has 30 heavy (non-hydrogen) atoms. The average molecular weight is 424 g/mol. The maximum absolute atomic E-state index is 15.2. The zero-order valence-electron chi connectivity index (χ0n) is 16.9. The number of halogens is 2.